The number of hydrogen-bond acceptors (Lipinski definition) is 4. The third-order valence-electron chi connectivity index (χ3n) is 4.67. The number of rotatable bonds is 3. The van der Waals surface area contributed by atoms with Crippen LogP contribution in [0.15, 0.2) is 42.5 Å². The number of aromatic amines is 1. The van der Waals surface area contributed by atoms with Gasteiger partial charge < -0.3 is 19.5 Å². The summed E-state index contributed by atoms with van der Waals surface area (Å²) in [5.41, 5.74) is 4.67. The first-order valence-corrected chi connectivity index (χ1v) is 8.34. The van der Waals surface area contributed by atoms with Gasteiger partial charge in [-0.05, 0) is 43.3 Å². The molecule has 5 heteroatoms. The van der Waals surface area contributed by atoms with Gasteiger partial charge in [0.1, 0.15) is 17.1 Å². The average Bonchev–Trinajstić information content (AvgIpc) is 3.02. The molecule has 2 heterocycles. The fourth-order valence-electron chi connectivity index (χ4n) is 3.39. The summed E-state index contributed by atoms with van der Waals surface area (Å²) >= 11 is 0. The lowest BCUT2D eigenvalue weighted by Crippen LogP contribution is -2.46. The van der Waals surface area contributed by atoms with Crippen LogP contribution in [-0.2, 0) is 0 Å². The summed E-state index contributed by atoms with van der Waals surface area (Å²) in [6.45, 7) is 6.01. The Balaban J connectivity index is 1.50. The summed E-state index contributed by atoms with van der Waals surface area (Å²) in [5.74, 6) is 1.87. The number of methoxy groups -OCH3 is 1. The quantitative estimate of drug-likeness (QED) is 0.804. The van der Waals surface area contributed by atoms with Crippen LogP contribution in [0.3, 0.4) is 0 Å². The molecule has 0 amide bonds. The molecule has 5 nitrogen and oxygen atoms in total. The van der Waals surface area contributed by atoms with Crippen molar-refractivity contribution in [1.29, 1.82) is 0 Å². The highest BCUT2D eigenvalue weighted by atomic mass is 16.5. The Morgan fingerprint density at radius 3 is 2.38 bits per heavy atom. The number of imidazole rings is 1. The smallest absolute Gasteiger partial charge is 0.119 e. The average molecular weight is 322 g/mol. The lowest BCUT2D eigenvalue weighted by Gasteiger charge is -2.37. The molecule has 1 saturated heterocycles. The summed E-state index contributed by atoms with van der Waals surface area (Å²) in [6, 6.07) is 14.7. The number of hydrogen-bond donors (Lipinski definition) is 1. The number of aryl methyl sites for hydroxylation is 1. The molecule has 2 aromatic carbocycles. The maximum absolute atomic E-state index is 5.24. The number of nitrogens with zero attached hydrogens (tertiary/aromatic N) is 3. The van der Waals surface area contributed by atoms with Crippen molar-refractivity contribution in [3.63, 3.8) is 0 Å². The Kier molecular flexibility index (Phi) is 3.76. The largest absolute Gasteiger partial charge is 0.497 e. The molecule has 0 atom stereocenters. The minimum Gasteiger partial charge on any atom is -0.497 e. The van der Waals surface area contributed by atoms with Crippen LogP contribution in [0.4, 0.5) is 11.4 Å². The van der Waals surface area contributed by atoms with Gasteiger partial charge in [0.15, 0.2) is 0 Å². The number of benzene rings is 2. The molecular formula is C19H22N4O. The SMILES string of the molecule is COc1ccc(N2CCN(c3cccc4[nH]c(C)nc34)CC2)cc1. The molecule has 1 fully saturated rings. The fourth-order valence-corrected chi connectivity index (χ4v) is 3.39. The Morgan fingerprint density at radius 2 is 1.67 bits per heavy atom. The first kappa shape index (κ1) is 14.9. The van der Waals surface area contributed by atoms with Crippen LogP contribution in [0.1, 0.15) is 5.82 Å². The minimum absolute atomic E-state index is 0.901. The third-order valence-corrected chi connectivity index (χ3v) is 4.67. The van der Waals surface area contributed by atoms with Crippen LogP contribution in [0.2, 0.25) is 0 Å². The number of ether oxygens (including phenoxy) is 1. The number of nitrogens with one attached hydrogen (secondary N) is 1. The molecule has 124 valence electrons. The molecule has 0 spiro atoms. The topological polar surface area (TPSA) is 44.4 Å². The molecule has 4 rings (SSSR count). The van der Waals surface area contributed by atoms with Gasteiger partial charge in [-0.3, -0.25) is 0 Å². The number of piperazine rings is 1. The van der Waals surface area contributed by atoms with Gasteiger partial charge in [-0.25, -0.2) is 4.98 Å². The van der Waals surface area contributed by atoms with Crippen molar-refractivity contribution in [3.05, 3.63) is 48.3 Å². The molecule has 3 aromatic rings. The summed E-state index contributed by atoms with van der Waals surface area (Å²) < 4.78 is 5.24. The molecule has 1 aliphatic heterocycles. The maximum Gasteiger partial charge on any atom is 0.119 e. The highest BCUT2D eigenvalue weighted by Crippen LogP contribution is 2.27. The molecule has 1 aliphatic rings. The molecule has 0 unspecified atom stereocenters. The second-order valence-corrected chi connectivity index (χ2v) is 6.17. The lowest BCUT2D eigenvalue weighted by atomic mass is 10.2. The van der Waals surface area contributed by atoms with Crippen molar-refractivity contribution < 1.29 is 4.74 Å². The first-order chi connectivity index (χ1) is 11.7. The van der Waals surface area contributed by atoms with Gasteiger partial charge in [0.05, 0.1) is 18.3 Å². The Hall–Kier alpha value is -2.69. The van der Waals surface area contributed by atoms with E-state index in [9.17, 15) is 0 Å². The van der Waals surface area contributed by atoms with E-state index in [-0.39, 0.29) is 0 Å². The van der Waals surface area contributed by atoms with Gasteiger partial charge in [0, 0.05) is 31.9 Å². The monoisotopic (exact) mass is 322 g/mol. The van der Waals surface area contributed by atoms with E-state index in [1.54, 1.807) is 7.11 Å². The van der Waals surface area contributed by atoms with E-state index >= 15 is 0 Å². The second kappa shape index (κ2) is 6.07. The van der Waals surface area contributed by atoms with E-state index in [1.807, 2.05) is 19.1 Å². The van der Waals surface area contributed by atoms with Crippen LogP contribution in [0, 0.1) is 6.92 Å². The van der Waals surface area contributed by atoms with E-state index < -0.39 is 0 Å². The number of aromatic nitrogens is 2. The van der Waals surface area contributed by atoms with Gasteiger partial charge in [-0.15, -0.1) is 0 Å². The zero-order valence-corrected chi connectivity index (χ0v) is 14.1. The molecule has 1 aromatic heterocycles. The summed E-state index contributed by atoms with van der Waals surface area (Å²) in [7, 11) is 1.70. The highest BCUT2D eigenvalue weighted by molar-refractivity contribution is 5.89. The van der Waals surface area contributed by atoms with Crippen molar-refractivity contribution in [1.82, 2.24) is 9.97 Å². The van der Waals surface area contributed by atoms with Crippen LogP contribution in [0.25, 0.3) is 11.0 Å². The second-order valence-electron chi connectivity index (χ2n) is 6.17. The minimum atomic E-state index is 0.901. The van der Waals surface area contributed by atoms with E-state index in [4.69, 9.17) is 4.74 Å². The number of fused-ring (bicyclic) bond motifs is 1. The predicted octanol–water partition coefficient (Wildman–Crippen LogP) is 3.21. The van der Waals surface area contributed by atoms with Crippen LogP contribution in [0.5, 0.6) is 5.75 Å². The Morgan fingerprint density at radius 1 is 0.958 bits per heavy atom. The highest BCUT2D eigenvalue weighted by Gasteiger charge is 2.20. The third kappa shape index (κ3) is 2.66. The van der Waals surface area contributed by atoms with E-state index in [0.717, 1.165) is 48.8 Å². The summed E-state index contributed by atoms with van der Waals surface area (Å²) in [6.07, 6.45) is 0. The fraction of sp³-hybridized carbons (Fsp3) is 0.316. The summed E-state index contributed by atoms with van der Waals surface area (Å²) in [5, 5.41) is 0. The normalized spacial score (nSPS) is 15.1. The molecule has 0 saturated carbocycles. The van der Waals surface area contributed by atoms with Gasteiger partial charge in [-0.2, -0.15) is 0 Å². The Labute approximate surface area is 141 Å². The van der Waals surface area contributed by atoms with E-state index in [0.29, 0.717) is 0 Å². The van der Waals surface area contributed by atoms with Gasteiger partial charge in [0.2, 0.25) is 0 Å². The molecule has 1 N–H and O–H groups in total. The molecule has 0 bridgehead atoms. The van der Waals surface area contributed by atoms with Crippen LogP contribution >= 0.6 is 0 Å². The summed E-state index contributed by atoms with van der Waals surface area (Å²) in [4.78, 5) is 12.8. The predicted molar refractivity (Wildman–Crippen MR) is 98.3 cm³/mol. The van der Waals surface area contributed by atoms with E-state index in [2.05, 4.69) is 50.1 Å². The molecule has 0 aliphatic carbocycles. The molecular weight excluding hydrogens is 300 g/mol. The van der Waals surface area contributed by atoms with Crippen molar-refractivity contribution in [3.8, 4) is 5.75 Å². The van der Waals surface area contributed by atoms with Gasteiger partial charge in [-0.1, -0.05) is 6.07 Å². The van der Waals surface area contributed by atoms with Crippen LogP contribution < -0.4 is 14.5 Å². The lowest BCUT2D eigenvalue weighted by molar-refractivity contribution is 0.415. The number of anilines is 2. The maximum atomic E-state index is 5.24. The van der Waals surface area contributed by atoms with Gasteiger partial charge >= 0.3 is 0 Å². The van der Waals surface area contributed by atoms with Crippen molar-refractivity contribution in [2.75, 3.05) is 43.1 Å². The zero-order chi connectivity index (χ0) is 16.5. The van der Waals surface area contributed by atoms with Crippen LogP contribution in [-0.4, -0.2) is 43.3 Å². The van der Waals surface area contributed by atoms with Crippen molar-refractivity contribution >= 4 is 22.4 Å². The zero-order valence-electron chi connectivity index (χ0n) is 14.1. The van der Waals surface area contributed by atoms with Crippen molar-refractivity contribution in [2.45, 2.75) is 6.92 Å². The molecule has 0 radical (unpaired) electrons. The molecule has 24 heavy (non-hydrogen) atoms. The standard InChI is InChI=1S/C19H22N4O/c1-14-20-17-4-3-5-18(19(17)21-14)23-12-10-22(11-13-23)15-6-8-16(24-2)9-7-15/h3-9H,10-13H2,1-2H3,(H,20,21). The number of para-hydroxylation sites is 1. The van der Waals surface area contributed by atoms with Crippen molar-refractivity contribution in [2.24, 2.45) is 0 Å². The van der Waals surface area contributed by atoms with Gasteiger partial charge in [0.25, 0.3) is 0 Å². The first-order valence-electron chi connectivity index (χ1n) is 8.34. The Bertz CT molecular complexity index is 832. The van der Waals surface area contributed by atoms with E-state index in [1.165, 1.54) is 11.4 Å². The number of H-pyrrole nitrogens is 1.